The fraction of sp³-hybridized carbons (Fsp3) is 0.667. The second kappa shape index (κ2) is 5.63. The van der Waals surface area contributed by atoms with Gasteiger partial charge in [0.2, 0.25) is 5.88 Å². The molecule has 2 aliphatic heterocycles. The van der Waals surface area contributed by atoms with Crippen molar-refractivity contribution in [3.8, 4) is 5.88 Å². The second-order valence-corrected chi connectivity index (χ2v) is 6.97. The van der Waals surface area contributed by atoms with Crippen LogP contribution in [0.3, 0.4) is 0 Å². The number of ether oxygens (including phenoxy) is 1. The van der Waals surface area contributed by atoms with Crippen molar-refractivity contribution >= 4 is 10.2 Å². The molecule has 1 aromatic rings. The van der Waals surface area contributed by atoms with Crippen LogP contribution in [-0.2, 0) is 10.2 Å². The van der Waals surface area contributed by atoms with Crippen molar-refractivity contribution in [2.24, 2.45) is 0 Å². The van der Waals surface area contributed by atoms with Gasteiger partial charge < -0.3 is 4.74 Å². The Bertz CT molecular complexity index is 545. The number of nitrogens with zero attached hydrogens (tertiary/aromatic N) is 4. The van der Waals surface area contributed by atoms with E-state index in [9.17, 15) is 8.42 Å². The molecule has 0 aromatic carbocycles. The van der Waals surface area contributed by atoms with Crippen molar-refractivity contribution in [1.29, 1.82) is 0 Å². The Kier molecular flexibility index (Phi) is 3.86. The third-order valence-electron chi connectivity index (χ3n) is 3.65. The minimum atomic E-state index is -3.31. The van der Waals surface area contributed by atoms with Crippen LogP contribution < -0.4 is 4.74 Å². The van der Waals surface area contributed by atoms with Crippen LogP contribution in [0.2, 0.25) is 0 Å². The molecule has 2 aliphatic rings. The van der Waals surface area contributed by atoms with Gasteiger partial charge in [0.25, 0.3) is 10.2 Å². The molecule has 0 spiro atoms. The van der Waals surface area contributed by atoms with Gasteiger partial charge in [0.1, 0.15) is 6.10 Å². The van der Waals surface area contributed by atoms with E-state index in [0.29, 0.717) is 38.5 Å². The first-order valence-corrected chi connectivity index (χ1v) is 8.24. The van der Waals surface area contributed by atoms with Crippen molar-refractivity contribution < 1.29 is 13.2 Å². The largest absolute Gasteiger partial charge is 0.472 e. The molecule has 8 heteroatoms. The second-order valence-electron chi connectivity index (χ2n) is 5.04. The monoisotopic (exact) mass is 298 g/mol. The van der Waals surface area contributed by atoms with Crippen molar-refractivity contribution in [1.82, 2.24) is 18.6 Å². The van der Waals surface area contributed by atoms with E-state index in [1.165, 1.54) is 10.5 Å². The normalized spacial score (nSPS) is 25.1. The van der Waals surface area contributed by atoms with Gasteiger partial charge in [-0.3, -0.25) is 4.98 Å². The molecule has 0 bridgehead atoms. The summed E-state index contributed by atoms with van der Waals surface area (Å²) in [6.45, 7) is 2.15. The maximum absolute atomic E-state index is 12.4. The summed E-state index contributed by atoms with van der Waals surface area (Å²) in [6, 6.07) is 0. The van der Waals surface area contributed by atoms with E-state index in [-0.39, 0.29) is 6.10 Å². The van der Waals surface area contributed by atoms with Crippen molar-refractivity contribution in [3.05, 3.63) is 18.6 Å². The van der Waals surface area contributed by atoms with Crippen LogP contribution in [0, 0.1) is 0 Å². The van der Waals surface area contributed by atoms with Gasteiger partial charge in [0.05, 0.1) is 12.7 Å². The highest BCUT2D eigenvalue weighted by atomic mass is 32.2. The van der Waals surface area contributed by atoms with Crippen LogP contribution in [0.4, 0.5) is 0 Å². The summed E-state index contributed by atoms with van der Waals surface area (Å²) < 4.78 is 33.5. The highest BCUT2D eigenvalue weighted by Crippen LogP contribution is 2.22. The molecule has 3 heterocycles. The number of aromatic nitrogens is 2. The van der Waals surface area contributed by atoms with Crippen LogP contribution in [-0.4, -0.2) is 59.3 Å². The van der Waals surface area contributed by atoms with E-state index in [1.807, 2.05) is 0 Å². The molecule has 20 heavy (non-hydrogen) atoms. The van der Waals surface area contributed by atoms with E-state index >= 15 is 0 Å². The summed E-state index contributed by atoms with van der Waals surface area (Å²) in [5.74, 6) is 0.443. The third kappa shape index (κ3) is 2.77. The Hall–Kier alpha value is -1.25. The molecule has 1 unspecified atom stereocenters. The quantitative estimate of drug-likeness (QED) is 0.797. The van der Waals surface area contributed by atoms with Gasteiger partial charge in [0, 0.05) is 32.0 Å². The number of rotatable bonds is 4. The third-order valence-corrected chi connectivity index (χ3v) is 5.65. The predicted octanol–water partition coefficient (Wildman–Crippen LogP) is 0.270. The highest BCUT2D eigenvalue weighted by Gasteiger charge is 2.37. The van der Waals surface area contributed by atoms with Gasteiger partial charge in [-0.05, 0) is 19.3 Å². The Labute approximate surface area is 118 Å². The van der Waals surface area contributed by atoms with Crippen LogP contribution >= 0.6 is 0 Å². The van der Waals surface area contributed by atoms with Gasteiger partial charge in [-0.1, -0.05) is 0 Å². The fourth-order valence-electron chi connectivity index (χ4n) is 2.60. The topological polar surface area (TPSA) is 75.6 Å². The van der Waals surface area contributed by atoms with Crippen molar-refractivity contribution in [2.75, 3.05) is 26.2 Å². The van der Waals surface area contributed by atoms with E-state index in [4.69, 9.17) is 4.74 Å². The lowest BCUT2D eigenvalue weighted by atomic mass is 10.3. The summed E-state index contributed by atoms with van der Waals surface area (Å²) in [5.41, 5.74) is 0. The molecule has 1 atom stereocenters. The Balaban J connectivity index is 1.62. The van der Waals surface area contributed by atoms with E-state index in [0.717, 1.165) is 12.8 Å². The molecule has 7 nitrogen and oxygen atoms in total. The minimum Gasteiger partial charge on any atom is -0.472 e. The lowest BCUT2D eigenvalue weighted by molar-refractivity contribution is 0.205. The van der Waals surface area contributed by atoms with Gasteiger partial charge >= 0.3 is 0 Å². The minimum absolute atomic E-state index is 0.149. The highest BCUT2D eigenvalue weighted by molar-refractivity contribution is 7.86. The summed E-state index contributed by atoms with van der Waals surface area (Å²) in [6.07, 6.45) is 7.11. The molecule has 0 saturated carbocycles. The average Bonchev–Trinajstić information content (AvgIpc) is 3.11. The average molecular weight is 298 g/mol. The molecular formula is C12H18N4O3S. The van der Waals surface area contributed by atoms with Gasteiger partial charge in [-0.15, -0.1) is 0 Å². The maximum atomic E-state index is 12.4. The zero-order valence-corrected chi connectivity index (χ0v) is 12.0. The van der Waals surface area contributed by atoms with Crippen LogP contribution in [0.1, 0.15) is 19.3 Å². The SMILES string of the molecule is O=S(=O)(N1CCCC1)N1CCC(Oc2cnccn2)C1. The zero-order valence-electron chi connectivity index (χ0n) is 11.2. The summed E-state index contributed by atoms with van der Waals surface area (Å²) in [4.78, 5) is 7.97. The standard InChI is InChI=1S/C12H18N4O3S/c17-20(18,15-6-1-2-7-15)16-8-3-11(10-16)19-12-9-13-4-5-14-12/h4-5,9,11H,1-3,6-8,10H2. The predicted molar refractivity (Wildman–Crippen MR) is 72.4 cm³/mol. The van der Waals surface area contributed by atoms with Crippen LogP contribution in [0.5, 0.6) is 5.88 Å². The first-order chi connectivity index (χ1) is 9.66. The van der Waals surface area contributed by atoms with Gasteiger partial charge in [0.15, 0.2) is 0 Å². The van der Waals surface area contributed by atoms with E-state index < -0.39 is 10.2 Å². The van der Waals surface area contributed by atoms with Gasteiger partial charge in [-0.2, -0.15) is 17.0 Å². The molecule has 3 rings (SSSR count). The lowest BCUT2D eigenvalue weighted by Gasteiger charge is -2.23. The molecule has 110 valence electrons. The number of hydrogen-bond donors (Lipinski definition) is 0. The van der Waals surface area contributed by atoms with E-state index in [1.54, 1.807) is 16.7 Å². The Morgan fingerprint density at radius 2 is 1.95 bits per heavy atom. The number of hydrogen-bond acceptors (Lipinski definition) is 5. The summed E-state index contributed by atoms with van der Waals surface area (Å²) in [5, 5.41) is 0. The van der Waals surface area contributed by atoms with Crippen molar-refractivity contribution in [3.63, 3.8) is 0 Å². The first kappa shape index (κ1) is 13.7. The molecule has 2 fully saturated rings. The molecule has 0 N–H and O–H groups in total. The summed E-state index contributed by atoms with van der Waals surface area (Å²) in [7, 11) is -3.31. The molecular weight excluding hydrogens is 280 g/mol. The molecule has 0 amide bonds. The Morgan fingerprint density at radius 3 is 2.65 bits per heavy atom. The Morgan fingerprint density at radius 1 is 1.15 bits per heavy atom. The molecule has 1 aromatic heterocycles. The molecule has 2 saturated heterocycles. The van der Waals surface area contributed by atoms with Gasteiger partial charge in [-0.25, -0.2) is 4.98 Å². The maximum Gasteiger partial charge on any atom is 0.282 e. The van der Waals surface area contributed by atoms with E-state index in [2.05, 4.69) is 9.97 Å². The fourth-order valence-corrected chi connectivity index (χ4v) is 4.34. The van der Waals surface area contributed by atoms with Crippen molar-refractivity contribution in [2.45, 2.75) is 25.4 Å². The smallest absolute Gasteiger partial charge is 0.282 e. The van der Waals surface area contributed by atoms with Crippen LogP contribution in [0.15, 0.2) is 18.6 Å². The zero-order chi connectivity index (χ0) is 14.0. The first-order valence-electron chi connectivity index (χ1n) is 6.84. The van der Waals surface area contributed by atoms with Crippen LogP contribution in [0.25, 0.3) is 0 Å². The molecule has 0 radical (unpaired) electrons. The molecule has 0 aliphatic carbocycles. The lowest BCUT2D eigenvalue weighted by Crippen LogP contribution is -2.41. The summed E-state index contributed by atoms with van der Waals surface area (Å²) >= 11 is 0.